The van der Waals surface area contributed by atoms with Gasteiger partial charge in [-0.15, -0.1) is 0 Å². The van der Waals surface area contributed by atoms with Crippen LogP contribution in [-0.2, 0) is 37.6 Å². The van der Waals surface area contributed by atoms with Crippen molar-refractivity contribution in [3.05, 3.63) is 60.7 Å². The lowest BCUT2D eigenvalue weighted by Gasteiger charge is -2.44. The molecule has 13 nitrogen and oxygen atoms in total. The molecule has 1 amide bonds. The molecule has 382 valence electrons. The van der Waals surface area contributed by atoms with Crippen molar-refractivity contribution in [2.45, 2.75) is 202 Å². The van der Waals surface area contributed by atoms with Gasteiger partial charge in [0, 0.05) is 20.0 Å². The number of rotatable bonds is 37. The molecule has 2 aromatic carbocycles. The molecule has 0 unspecified atom stereocenters. The number of hydrogen-bond donors (Lipinski definition) is 2. The number of unbranched alkanes of at least 4 members (excludes halogenated alkanes) is 18. The van der Waals surface area contributed by atoms with Crippen LogP contribution in [0.5, 0.6) is 11.5 Å². The predicted molar refractivity (Wildman–Crippen MR) is 265 cm³/mol. The Balaban J connectivity index is 1.80. The van der Waals surface area contributed by atoms with Crippen LogP contribution in [0.25, 0.3) is 0 Å². The minimum absolute atomic E-state index is 0.0322. The maximum Gasteiger partial charge on any atom is 0.588 e. The van der Waals surface area contributed by atoms with Crippen LogP contribution in [0.1, 0.15) is 162 Å². The van der Waals surface area contributed by atoms with E-state index in [1.54, 1.807) is 60.7 Å². The summed E-state index contributed by atoms with van der Waals surface area (Å²) in [6.07, 6.45) is 17.5. The third kappa shape index (κ3) is 26.5. The normalized spacial score (nSPS) is 19.1. The average Bonchev–Trinajstić information content (AvgIpc) is 3.29. The SMILES string of the molecule is CCCCCCCCCCCCCC(=O)O[C@H](CCCCCCCCCCC)CCO[C@@H]1[C@@H](NC(=O)OCC(Cl)(Cl)Cl)[C@@H](O)O[C@H](COC)[C@H]1OP(=O)(Oc1ccccc1)Oc1ccccc1. The number of alkyl halides is 3. The van der Waals surface area contributed by atoms with Crippen LogP contribution in [0.3, 0.4) is 0 Å². The van der Waals surface area contributed by atoms with Gasteiger partial charge in [0.05, 0.1) is 13.2 Å². The van der Waals surface area contributed by atoms with Crippen molar-refractivity contribution in [2.24, 2.45) is 0 Å². The van der Waals surface area contributed by atoms with E-state index >= 15 is 0 Å². The summed E-state index contributed by atoms with van der Waals surface area (Å²) >= 11 is 17.6. The van der Waals surface area contributed by atoms with Crippen molar-refractivity contribution in [3.63, 3.8) is 0 Å². The molecule has 0 aromatic heterocycles. The van der Waals surface area contributed by atoms with Crippen LogP contribution >= 0.6 is 42.6 Å². The molecule has 0 bridgehead atoms. The number of esters is 1. The van der Waals surface area contributed by atoms with Gasteiger partial charge in [0.1, 0.15) is 48.6 Å². The number of amides is 1. The number of carbonyl (C=O) groups is 2. The maximum absolute atomic E-state index is 14.8. The summed E-state index contributed by atoms with van der Waals surface area (Å²) in [6.45, 7) is 3.64. The minimum atomic E-state index is -4.64. The average molecular weight is 1020 g/mol. The third-order valence-corrected chi connectivity index (χ3v) is 13.2. The summed E-state index contributed by atoms with van der Waals surface area (Å²) in [7, 11) is -3.22. The second-order valence-electron chi connectivity index (χ2n) is 17.3. The summed E-state index contributed by atoms with van der Waals surface area (Å²) in [5.41, 5.74) is 0. The van der Waals surface area contributed by atoms with E-state index < -0.39 is 61.1 Å². The largest absolute Gasteiger partial charge is 0.588 e. The first-order valence-corrected chi connectivity index (χ1v) is 27.4. The Kier molecular flexibility index (Phi) is 30.7. The topological polar surface area (TPSA) is 157 Å². The minimum Gasteiger partial charge on any atom is -0.462 e. The van der Waals surface area contributed by atoms with Gasteiger partial charge in [-0.3, -0.25) is 9.32 Å². The Morgan fingerprint density at radius 1 is 0.716 bits per heavy atom. The van der Waals surface area contributed by atoms with Gasteiger partial charge in [-0.05, 0) is 43.5 Å². The van der Waals surface area contributed by atoms with E-state index in [2.05, 4.69) is 19.2 Å². The highest BCUT2D eigenvalue weighted by Gasteiger charge is 2.52. The Labute approximate surface area is 415 Å². The molecule has 3 rings (SSSR count). The van der Waals surface area contributed by atoms with Gasteiger partial charge in [-0.25, -0.2) is 9.36 Å². The van der Waals surface area contributed by atoms with E-state index in [0.717, 1.165) is 44.9 Å². The first kappa shape index (κ1) is 59.0. The zero-order valence-electron chi connectivity index (χ0n) is 40.1. The van der Waals surface area contributed by atoms with Crippen molar-refractivity contribution in [2.75, 3.05) is 26.9 Å². The standard InChI is InChI=1S/C50H79Cl3NO12P/c1-4-6-8-10-12-14-15-17-19-21-29-35-44(55)62-40(30-24-20-18-16-13-11-9-7-5-2)36-37-60-47-45(54-49(57)61-39-50(51,52)53)48(56)63-43(38-59-3)46(47)66-67(58,64-41-31-25-22-26-32-41)65-42-33-27-23-28-34-42/h22-23,25-28,31-34,40,43,45-48,56H,4-21,24,29-30,35-39H2,1-3H3,(H,54,57)/t40-,43-,45-,46-,47-,48+/m1/s1. The highest BCUT2D eigenvalue weighted by Crippen LogP contribution is 2.52. The van der Waals surface area contributed by atoms with Crippen LogP contribution < -0.4 is 14.4 Å². The summed E-state index contributed by atoms with van der Waals surface area (Å²) in [6, 6.07) is 15.3. The number of methoxy groups -OCH3 is 1. The molecule has 1 aliphatic heterocycles. The number of aliphatic hydroxyl groups is 1. The van der Waals surface area contributed by atoms with E-state index in [4.69, 9.17) is 72.1 Å². The monoisotopic (exact) mass is 1020 g/mol. The van der Waals surface area contributed by atoms with Crippen LogP contribution in [0, 0.1) is 0 Å². The zero-order chi connectivity index (χ0) is 48.6. The molecule has 0 aliphatic carbocycles. The second-order valence-corrected chi connectivity index (χ2v) is 21.3. The lowest BCUT2D eigenvalue weighted by molar-refractivity contribution is -0.259. The van der Waals surface area contributed by atoms with Crippen molar-refractivity contribution in [3.8, 4) is 11.5 Å². The third-order valence-electron chi connectivity index (χ3n) is 11.5. The van der Waals surface area contributed by atoms with Crippen molar-refractivity contribution in [1.29, 1.82) is 0 Å². The number of phosphoric ester groups is 1. The molecule has 2 N–H and O–H groups in total. The number of aliphatic hydroxyl groups excluding tert-OH is 1. The van der Waals surface area contributed by atoms with Crippen LogP contribution in [0.4, 0.5) is 4.79 Å². The molecule has 1 saturated heterocycles. The summed E-state index contributed by atoms with van der Waals surface area (Å²) in [4.78, 5) is 26.5. The highest BCUT2D eigenvalue weighted by atomic mass is 35.6. The van der Waals surface area contributed by atoms with Gasteiger partial charge in [-0.2, -0.15) is 0 Å². The lowest BCUT2D eigenvalue weighted by atomic mass is 9.96. The smallest absolute Gasteiger partial charge is 0.462 e. The molecule has 6 atom stereocenters. The van der Waals surface area contributed by atoms with E-state index in [-0.39, 0.29) is 37.1 Å². The highest BCUT2D eigenvalue weighted by molar-refractivity contribution is 7.49. The van der Waals surface area contributed by atoms with Gasteiger partial charge in [0.2, 0.25) is 3.79 Å². The molecule has 0 radical (unpaired) electrons. The Morgan fingerprint density at radius 2 is 1.21 bits per heavy atom. The van der Waals surface area contributed by atoms with Gasteiger partial charge in [0.25, 0.3) is 0 Å². The Morgan fingerprint density at radius 3 is 1.70 bits per heavy atom. The molecular weight excluding hydrogens is 944 g/mol. The number of hydrogen-bond acceptors (Lipinski definition) is 12. The van der Waals surface area contributed by atoms with Crippen LogP contribution in [-0.4, -0.2) is 84.6 Å². The molecule has 1 fully saturated rings. The number of benzene rings is 2. The molecule has 17 heteroatoms. The molecule has 67 heavy (non-hydrogen) atoms. The fourth-order valence-electron chi connectivity index (χ4n) is 7.91. The molecule has 1 aliphatic rings. The van der Waals surface area contributed by atoms with Gasteiger partial charge in [-0.1, -0.05) is 201 Å². The van der Waals surface area contributed by atoms with E-state index in [1.807, 2.05) is 0 Å². The maximum atomic E-state index is 14.8. The number of ether oxygens (including phenoxy) is 5. The Bertz CT molecular complexity index is 1580. The molecule has 0 spiro atoms. The molecule has 0 saturated carbocycles. The summed E-state index contributed by atoms with van der Waals surface area (Å²) in [5, 5.41) is 14.0. The first-order valence-electron chi connectivity index (χ1n) is 24.8. The lowest BCUT2D eigenvalue weighted by Crippen LogP contribution is -2.65. The number of para-hydroxylation sites is 2. The predicted octanol–water partition coefficient (Wildman–Crippen LogP) is 13.8. The van der Waals surface area contributed by atoms with Gasteiger partial charge < -0.3 is 43.2 Å². The summed E-state index contributed by atoms with van der Waals surface area (Å²) < 4.78 is 60.3. The zero-order valence-corrected chi connectivity index (χ0v) is 43.3. The molecule has 2 aromatic rings. The number of carbonyl (C=O) groups excluding carboxylic acids is 2. The fraction of sp³-hybridized carbons (Fsp3) is 0.720. The van der Waals surface area contributed by atoms with E-state index in [0.29, 0.717) is 12.8 Å². The molecular formula is C50H79Cl3NO12P. The van der Waals surface area contributed by atoms with Gasteiger partial charge >= 0.3 is 19.9 Å². The number of alkyl carbamates (subject to hydrolysis) is 1. The number of phosphoric acid groups is 1. The van der Waals surface area contributed by atoms with Crippen LogP contribution in [0.2, 0.25) is 0 Å². The molecule has 1 heterocycles. The van der Waals surface area contributed by atoms with E-state index in [1.165, 1.54) is 90.6 Å². The van der Waals surface area contributed by atoms with Crippen molar-refractivity contribution < 1.29 is 56.5 Å². The number of nitrogens with one attached hydrogen (secondary N) is 1. The fourth-order valence-corrected chi connectivity index (χ4v) is 9.51. The number of halogens is 3. The van der Waals surface area contributed by atoms with Crippen molar-refractivity contribution in [1.82, 2.24) is 5.32 Å². The summed E-state index contributed by atoms with van der Waals surface area (Å²) in [5.74, 6) is 0.102. The van der Waals surface area contributed by atoms with Gasteiger partial charge in [0.15, 0.2) is 6.29 Å². The van der Waals surface area contributed by atoms with Crippen LogP contribution in [0.15, 0.2) is 60.7 Å². The first-order chi connectivity index (χ1) is 32.4. The second kappa shape index (κ2) is 34.9. The Hall–Kier alpha value is -2.32. The van der Waals surface area contributed by atoms with Crippen molar-refractivity contribution >= 4 is 54.7 Å². The van der Waals surface area contributed by atoms with E-state index in [9.17, 15) is 19.3 Å². The quantitative estimate of drug-likeness (QED) is 0.0286.